The van der Waals surface area contributed by atoms with E-state index in [1.165, 1.54) is 11.8 Å². The molecular formula is C11H13N5O2S. The summed E-state index contributed by atoms with van der Waals surface area (Å²) in [7, 11) is 1.60. The molecule has 0 aliphatic carbocycles. The van der Waals surface area contributed by atoms with Crippen LogP contribution in [0.1, 0.15) is 6.42 Å². The van der Waals surface area contributed by atoms with Crippen molar-refractivity contribution < 1.29 is 9.90 Å². The monoisotopic (exact) mass is 279 g/mol. The minimum absolute atomic E-state index is 0.0174. The number of amides is 1. The number of nitrogens with one attached hydrogen (secondary N) is 1. The number of carbonyl (C=O) groups is 1. The molecule has 2 N–H and O–H groups in total. The Kier molecular flexibility index (Phi) is 4.35. The largest absolute Gasteiger partial charge is 0.508 e. The molecule has 0 radical (unpaired) electrons. The number of nitrogens with zero attached hydrogens (tertiary/aromatic N) is 4. The maximum atomic E-state index is 11.1. The molecule has 0 bridgehead atoms. The fraction of sp³-hybridized carbons (Fsp3) is 0.273. The summed E-state index contributed by atoms with van der Waals surface area (Å²) in [6.07, 6.45) is 0.406. The van der Waals surface area contributed by atoms with Gasteiger partial charge in [0, 0.05) is 19.2 Å². The lowest BCUT2D eigenvalue weighted by atomic mass is 10.3. The third kappa shape index (κ3) is 3.44. The van der Waals surface area contributed by atoms with E-state index in [1.54, 1.807) is 36.0 Å². The van der Waals surface area contributed by atoms with Crippen molar-refractivity contribution in [1.29, 1.82) is 0 Å². The van der Waals surface area contributed by atoms with Crippen LogP contribution in [-0.2, 0) is 4.79 Å². The number of aromatic nitrogens is 4. The molecule has 1 aromatic heterocycles. The standard InChI is InChI=1S/C11H13N5O2S/c1-12-10(18)6-7-19-11-13-14-15-16(11)8-2-4-9(17)5-3-8/h2-5,17H,6-7H2,1H3,(H,12,18). The van der Waals surface area contributed by atoms with Crippen molar-refractivity contribution in [2.45, 2.75) is 11.6 Å². The average molecular weight is 279 g/mol. The third-order valence-corrected chi connectivity index (χ3v) is 3.30. The Hall–Kier alpha value is -2.09. The van der Waals surface area contributed by atoms with Crippen LogP contribution < -0.4 is 5.32 Å². The number of hydrogen-bond donors (Lipinski definition) is 2. The molecule has 0 saturated carbocycles. The first-order chi connectivity index (χ1) is 9.20. The van der Waals surface area contributed by atoms with Crippen LogP contribution in [0.3, 0.4) is 0 Å². The molecule has 0 atom stereocenters. The van der Waals surface area contributed by atoms with Gasteiger partial charge in [-0.25, -0.2) is 0 Å². The minimum atomic E-state index is -0.0174. The average Bonchev–Trinajstić information content (AvgIpc) is 2.88. The number of rotatable bonds is 5. The lowest BCUT2D eigenvalue weighted by Crippen LogP contribution is -2.17. The Morgan fingerprint density at radius 2 is 2.16 bits per heavy atom. The van der Waals surface area contributed by atoms with Gasteiger partial charge >= 0.3 is 0 Å². The van der Waals surface area contributed by atoms with Gasteiger partial charge in [-0.3, -0.25) is 4.79 Å². The van der Waals surface area contributed by atoms with Crippen molar-refractivity contribution in [2.75, 3.05) is 12.8 Å². The highest BCUT2D eigenvalue weighted by atomic mass is 32.2. The number of tetrazole rings is 1. The highest BCUT2D eigenvalue weighted by Gasteiger charge is 2.09. The third-order valence-electron chi connectivity index (χ3n) is 2.37. The van der Waals surface area contributed by atoms with E-state index in [1.807, 2.05) is 0 Å². The topological polar surface area (TPSA) is 92.9 Å². The van der Waals surface area contributed by atoms with Crippen LogP contribution in [0.5, 0.6) is 5.75 Å². The molecule has 0 aliphatic heterocycles. The zero-order valence-electron chi connectivity index (χ0n) is 10.3. The number of phenols is 1. The van der Waals surface area contributed by atoms with E-state index >= 15 is 0 Å². The summed E-state index contributed by atoms with van der Waals surface area (Å²) in [6.45, 7) is 0. The smallest absolute Gasteiger partial charge is 0.220 e. The van der Waals surface area contributed by atoms with Gasteiger partial charge in [0.05, 0.1) is 5.69 Å². The van der Waals surface area contributed by atoms with Crippen LogP contribution in [0.15, 0.2) is 29.4 Å². The van der Waals surface area contributed by atoms with Crippen LogP contribution in [0.2, 0.25) is 0 Å². The van der Waals surface area contributed by atoms with Gasteiger partial charge in [0.1, 0.15) is 5.75 Å². The molecule has 0 spiro atoms. The molecule has 19 heavy (non-hydrogen) atoms. The van der Waals surface area contributed by atoms with Crippen LogP contribution in [-0.4, -0.2) is 44.0 Å². The molecular weight excluding hydrogens is 266 g/mol. The number of phenolic OH excluding ortho intramolecular Hbond substituents is 1. The first kappa shape index (κ1) is 13.3. The van der Waals surface area contributed by atoms with E-state index < -0.39 is 0 Å². The van der Waals surface area contributed by atoms with E-state index in [9.17, 15) is 9.90 Å². The van der Waals surface area contributed by atoms with Gasteiger partial charge in [0.25, 0.3) is 0 Å². The van der Waals surface area contributed by atoms with E-state index in [0.29, 0.717) is 17.3 Å². The predicted molar refractivity (Wildman–Crippen MR) is 70.2 cm³/mol. The van der Waals surface area contributed by atoms with Gasteiger partial charge in [-0.2, -0.15) is 4.68 Å². The quantitative estimate of drug-likeness (QED) is 0.778. The predicted octanol–water partition coefficient (Wildman–Crippen LogP) is 0.596. The Balaban J connectivity index is 2.05. The molecule has 1 aromatic carbocycles. The summed E-state index contributed by atoms with van der Waals surface area (Å²) in [5, 5.41) is 23.8. The van der Waals surface area contributed by atoms with Crippen LogP contribution in [0, 0.1) is 0 Å². The summed E-state index contributed by atoms with van der Waals surface area (Å²) < 4.78 is 1.56. The maximum absolute atomic E-state index is 11.1. The normalized spacial score (nSPS) is 10.4. The molecule has 0 unspecified atom stereocenters. The van der Waals surface area contributed by atoms with Crippen molar-refractivity contribution >= 4 is 17.7 Å². The molecule has 8 heteroatoms. The lowest BCUT2D eigenvalue weighted by molar-refractivity contribution is -0.120. The number of thioether (sulfide) groups is 1. The van der Waals surface area contributed by atoms with Gasteiger partial charge in [-0.15, -0.1) is 5.10 Å². The second-order valence-corrected chi connectivity index (χ2v) is 4.72. The van der Waals surface area contributed by atoms with E-state index in [0.717, 1.165) is 5.69 Å². The summed E-state index contributed by atoms with van der Waals surface area (Å²) in [5.41, 5.74) is 0.755. The van der Waals surface area contributed by atoms with Crippen molar-refractivity contribution in [3.05, 3.63) is 24.3 Å². The first-order valence-corrected chi connectivity index (χ1v) is 6.60. The second kappa shape index (κ2) is 6.19. The van der Waals surface area contributed by atoms with Gasteiger partial charge in [0.2, 0.25) is 11.1 Å². The van der Waals surface area contributed by atoms with E-state index in [-0.39, 0.29) is 11.7 Å². The van der Waals surface area contributed by atoms with Crippen LogP contribution in [0.4, 0.5) is 0 Å². The Morgan fingerprint density at radius 3 is 2.84 bits per heavy atom. The molecule has 2 aromatic rings. The first-order valence-electron chi connectivity index (χ1n) is 5.62. The molecule has 0 aliphatic rings. The number of hydrogen-bond acceptors (Lipinski definition) is 6. The molecule has 1 amide bonds. The number of aromatic hydroxyl groups is 1. The van der Waals surface area contributed by atoms with Gasteiger partial charge in [-0.05, 0) is 34.7 Å². The Morgan fingerprint density at radius 1 is 1.42 bits per heavy atom. The number of benzene rings is 1. The zero-order valence-corrected chi connectivity index (χ0v) is 11.1. The molecule has 7 nitrogen and oxygen atoms in total. The van der Waals surface area contributed by atoms with E-state index in [2.05, 4.69) is 20.8 Å². The summed E-state index contributed by atoms with van der Waals surface area (Å²) >= 11 is 1.40. The molecule has 0 saturated heterocycles. The van der Waals surface area contributed by atoms with Gasteiger partial charge < -0.3 is 10.4 Å². The summed E-state index contributed by atoms with van der Waals surface area (Å²) in [6, 6.07) is 6.56. The Labute approximate surface area is 114 Å². The SMILES string of the molecule is CNC(=O)CCSc1nnnn1-c1ccc(O)cc1. The summed E-state index contributed by atoms with van der Waals surface area (Å²) in [4.78, 5) is 11.1. The zero-order chi connectivity index (χ0) is 13.7. The van der Waals surface area contributed by atoms with Crippen LogP contribution >= 0.6 is 11.8 Å². The maximum Gasteiger partial charge on any atom is 0.220 e. The molecule has 2 rings (SSSR count). The number of carbonyl (C=O) groups excluding carboxylic acids is 1. The van der Waals surface area contributed by atoms with Crippen LogP contribution in [0.25, 0.3) is 5.69 Å². The minimum Gasteiger partial charge on any atom is -0.508 e. The molecule has 0 fully saturated rings. The lowest BCUT2D eigenvalue weighted by Gasteiger charge is -2.04. The second-order valence-electron chi connectivity index (χ2n) is 3.66. The van der Waals surface area contributed by atoms with Crippen molar-refractivity contribution in [1.82, 2.24) is 25.5 Å². The van der Waals surface area contributed by atoms with Crippen molar-refractivity contribution in [3.8, 4) is 11.4 Å². The highest BCUT2D eigenvalue weighted by molar-refractivity contribution is 7.99. The molecule has 100 valence electrons. The Bertz CT molecular complexity index is 554. The van der Waals surface area contributed by atoms with Crippen molar-refractivity contribution in [2.24, 2.45) is 0 Å². The molecule has 1 heterocycles. The fourth-order valence-electron chi connectivity index (χ4n) is 1.38. The van der Waals surface area contributed by atoms with Gasteiger partial charge in [-0.1, -0.05) is 11.8 Å². The van der Waals surface area contributed by atoms with Crippen molar-refractivity contribution in [3.63, 3.8) is 0 Å². The fourth-order valence-corrected chi connectivity index (χ4v) is 2.21. The highest BCUT2D eigenvalue weighted by Crippen LogP contribution is 2.20. The van der Waals surface area contributed by atoms with Gasteiger partial charge in [0.15, 0.2) is 0 Å². The van der Waals surface area contributed by atoms with E-state index in [4.69, 9.17) is 0 Å². The summed E-state index contributed by atoms with van der Waals surface area (Å²) in [5.74, 6) is 0.764.